The lowest BCUT2D eigenvalue weighted by Crippen LogP contribution is -2.51. The summed E-state index contributed by atoms with van der Waals surface area (Å²) >= 11 is 0. The van der Waals surface area contributed by atoms with Gasteiger partial charge < -0.3 is 24.6 Å². The van der Waals surface area contributed by atoms with Crippen LogP contribution in [0.15, 0.2) is 24.3 Å². The van der Waals surface area contributed by atoms with Crippen molar-refractivity contribution < 1.29 is 24.1 Å². The van der Waals surface area contributed by atoms with Crippen LogP contribution in [0.2, 0.25) is 0 Å². The van der Waals surface area contributed by atoms with Crippen molar-refractivity contribution >= 4 is 5.91 Å². The second-order valence-corrected chi connectivity index (χ2v) is 7.74. The lowest BCUT2D eigenvalue weighted by Gasteiger charge is -2.34. The first-order chi connectivity index (χ1) is 12.9. The van der Waals surface area contributed by atoms with Gasteiger partial charge in [0.1, 0.15) is 0 Å². The van der Waals surface area contributed by atoms with Gasteiger partial charge in [0.15, 0.2) is 17.1 Å². The van der Waals surface area contributed by atoms with Crippen molar-refractivity contribution in [3.63, 3.8) is 0 Å². The molecule has 3 atom stereocenters. The number of hydrogen-bond donors (Lipinski definition) is 2. The number of nitrogens with zero attached hydrogens (tertiary/aromatic N) is 1. The van der Waals surface area contributed by atoms with Crippen molar-refractivity contribution in [2.24, 2.45) is 0 Å². The molecule has 1 aromatic carbocycles. The van der Waals surface area contributed by atoms with E-state index in [1.165, 1.54) is 0 Å². The van der Waals surface area contributed by atoms with Gasteiger partial charge in [-0.25, -0.2) is 0 Å². The van der Waals surface area contributed by atoms with Crippen molar-refractivity contribution in [2.75, 3.05) is 33.4 Å². The Balaban J connectivity index is 1.57. The maximum atomic E-state index is 12.8. The molecule has 0 radical (unpaired) electrons. The van der Waals surface area contributed by atoms with Crippen LogP contribution >= 0.6 is 0 Å². The zero-order chi connectivity index (χ0) is 19.4. The minimum atomic E-state index is -1.02. The van der Waals surface area contributed by atoms with Gasteiger partial charge in [-0.2, -0.15) is 0 Å². The highest BCUT2D eigenvalue weighted by Gasteiger charge is 2.40. The van der Waals surface area contributed by atoms with Gasteiger partial charge in [0.2, 0.25) is 0 Å². The summed E-state index contributed by atoms with van der Waals surface area (Å²) < 4.78 is 17.1. The van der Waals surface area contributed by atoms with Crippen molar-refractivity contribution in [1.29, 1.82) is 0 Å². The molecular formula is C20H30N2O5. The van der Waals surface area contributed by atoms with Gasteiger partial charge in [0, 0.05) is 31.8 Å². The SMILES string of the molecule is COc1ccccc1OC(C)(C)C(=O)N[C@H]1C[C@H]2CO[C@@H](CCO)CN2C1. The Morgan fingerprint density at radius 3 is 2.78 bits per heavy atom. The molecule has 0 saturated carbocycles. The minimum Gasteiger partial charge on any atom is -0.493 e. The molecule has 150 valence electrons. The number of hydrogen-bond acceptors (Lipinski definition) is 6. The maximum absolute atomic E-state index is 12.8. The van der Waals surface area contributed by atoms with Crippen LogP contribution in [0.25, 0.3) is 0 Å². The van der Waals surface area contributed by atoms with E-state index in [9.17, 15) is 4.79 Å². The number of benzene rings is 1. The van der Waals surface area contributed by atoms with Crippen LogP contribution in [0.4, 0.5) is 0 Å². The first kappa shape index (κ1) is 19.9. The lowest BCUT2D eigenvalue weighted by molar-refractivity contribution is -0.134. The summed E-state index contributed by atoms with van der Waals surface area (Å²) in [7, 11) is 1.58. The highest BCUT2D eigenvalue weighted by Crippen LogP contribution is 2.30. The number of nitrogens with one attached hydrogen (secondary N) is 1. The first-order valence-corrected chi connectivity index (χ1v) is 9.52. The van der Waals surface area contributed by atoms with Crippen molar-refractivity contribution in [3.05, 3.63) is 24.3 Å². The van der Waals surface area contributed by atoms with E-state index < -0.39 is 5.60 Å². The van der Waals surface area contributed by atoms with Crippen LogP contribution in [-0.2, 0) is 9.53 Å². The quantitative estimate of drug-likeness (QED) is 0.742. The third-order valence-electron chi connectivity index (χ3n) is 5.26. The Morgan fingerprint density at radius 2 is 2.07 bits per heavy atom. The van der Waals surface area contributed by atoms with E-state index in [2.05, 4.69) is 10.2 Å². The van der Waals surface area contributed by atoms with E-state index >= 15 is 0 Å². The number of methoxy groups -OCH3 is 1. The number of aliphatic hydroxyl groups is 1. The third kappa shape index (κ3) is 4.72. The minimum absolute atomic E-state index is 0.0690. The third-order valence-corrected chi connectivity index (χ3v) is 5.26. The standard InChI is InChI=1S/C20H30N2O5/c1-20(2,27-18-7-5-4-6-17(18)25-3)19(24)21-14-10-15-13-26-16(8-9-23)12-22(15)11-14/h4-7,14-16,23H,8-13H2,1-3H3,(H,21,24)/t14-,15-,16-/m0/s1. The Labute approximate surface area is 160 Å². The molecule has 0 aromatic heterocycles. The zero-order valence-electron chi connectivity index (χ0n) is 16.3. The molecule has 7 nitrogen and oxygen atoms in total. The van der Waals surface area contributed by atoms with Crippen molar-refractivity contribution in [3.8, 4) is 11.5 Å². The molecular weight excluding hydrogens is 348 g/mol. The van der Waals surface area contributed by atoms with E-state index in [0.717, 1.165) is 19.5 Å². The molecule has 2 saturated heterocycles. The molecule has 2 N–H and O–H groups in total. The number of rotatable bonds is 7. The van der Waals surface area contributed by atoms with E-state index in [0.29, 0.717) is 30.6 Å². The van der Waals surface area contributed by atoms with Gasteiger partial charge in [-0.15, -0.1) is 0 Å². The van der Waals surface area contributed by atoms with Gasteiger partial charge in [-0.3, -0.25) is 9.69 Å². The maximum Gasteiger partial charge on any atom is 0.263 e. The Morgan fingerprint density at radius 1 is 1.33 bits per heavy atom. The van der Waals surface area contributed by atoms with Crippen molar-refractivity contribution in [2.45, 2.75) is 50.5 Å². The first-order valence-electron chi connectivity index (χ1n) is 9.52. The van der Waals surface area contributed by atoms with Gasteiger partial charge in [0.05, 0.1) is 19.8 Å². The molecule has 2 aliphatic rings. The second-order valence-electron chi connectivity index (χ2n) is 7.74. The summed E-state index contributed by atoms with van der Waals surface area (Å²) in [6, 6.07) is 7.70. The molecule has 2 aliphatic heterocycles. The largest absolute Gasteiger partial charge is 0.493 e. The highest BCUT2D eigenvalue weighted by atomic mass is 16.5. The number of amides is 1. The fourth-order valence-electron chi connectivity index (χ4n) is 3.75. The Bertz CT molecular complexity index is 651. The summed E-state index contributed by atoms with van der Waals surface area (Å²) in [6.07, 6.45) is 1.59. The second kappa shape index (κ2) is 8.46. The van der Waals surface area contributed by atoms with Gasteiger partial charge in [0.25, 0.3) is 5.91 Å². The molecule has 2 fully saturated rings. The van der Waals surface area contributed by atoms with Crippen molar-refractivity contribution in [1.82, 2.24) is 10.2 Å². The summed E-state index contributed by atoms with van der Waals surface area (Å²) in [5, 5.41) is 12.2. The Kier molecular flexibility index (Phi) is 6.24. The molecule has 0 bridgehead atoms. The number of carbonyl (C=O) groups excluding carboxylic acids is 1. The van der Waals surface area contributed by atoms with Crippen LogP contribution in [0.1, 0.15) is 26.7 Å². The summed E-state index contributed by atoms with van der Waals surface area (Å²) in [5.41, 5.74) is -1.02. The molecule has 27 heavy (non-hydrogen) atoms. The van der Waals surface area contributed by atoms with Crippen LogP contribution in [0, 0.1) is 0 Å². The van der Waals surface area contributed by atoms with Crippen LogP contribution in [-0.4, -0.2) is 73.1 Å². The number of ether oxygens (including phenoxy) is 3. The normalized spacial score (nSPS) is 25.7. The smallest absolute Gasteiger partial charge is 0.263 e. The van der Waals surface area contributed by atoms with Crippen LogP contribution in [0.5, 0.6) is 11.5 Å². The highest BCUT2D eigenvalue weighted by molar-refractivity contribution is 5.85. The molecule has 0 unspecified atom stereocenters. The summed E-state index contributed by atoms with van der Waals surface area (Å²) in [5.74, 6) is 0.999. The molecule has 7 heteroatoms. The summed E-state index contributed by atoms with van der Waals surface area (Å²) in [4.78, 5) is 15.2. The van der Waals surface area contributed by atoms with E-state index in [4.69, 9.17) is 19.3 Å². The fourth-order valence-corrected chi connectivity index (χ4v) is 3.75. The molecule has 0 spiro atoms. The van der Waals surface area contributed by atoms with Crippen LogP contribution < -0.4 is 14.8 Å². The molecule has 1 aromatic rings. The summed E-state index contributed by atoms with van der Waals surface area (Å²) in [6.45, 7) is 5.91. The monoisotopic (exact) mass is 378 g/mol. The molecule has 2 heterocycles. The predicted molar refractivity (Wildman–Crippen MR) is 101 cm³/mol. The lowest BCUT2D eigenvalue weighted by atomic mass is 10.1. The molecule has 0 aliphatic carbocycles. The van der Waals surface area contributed by atoms with E-state index in [-0.39, 0.29) is 24.7 Å². The average Bonchev–Trinajstić information content (AvgIpc) is 3.03. The zero-order valence-corrected chi connectivity index (χ0v) is 16.3. The predicted octanol–water partition coefficient (Wildman–Crippen LogP) is 1.19. The number of fused-ring (bicyclic) bond motifs is 1. The number of carbonyl (C=O) groups is 1. The van der Waals surface area contributed by atoms with Gasteiger partial charge in [-0.1, -0.05) is 12.1 Å². The molecule has 1 amide bonds. The van der Waals surface area contributed by atoms with Crippen LogP contribution in [0.3, 0.4) is 0 Å². The number of para-hydroxylation sites is 2. The van der Waals surface area contributed by atoms with E-state index in [1.54, 1.807) is 33.1 Å². The average molecular weight is 378 g/mol. The van der Waals surface area contributed by atoms with Gasteiger partial charge >= 0.3 is 0 Å². The topological polar surface area (TPSA) is 80.3 Å². The fraction of sp³-hybridized carbons (Fsp3) is 0.650. The number of aliphatic hydroxyl groups excluding tert-OH is 1. The van der Waals surface area contributed by atoms with E-state index in [1.807, 2.05) is 12.1 Å². The number of morpholine rings is 1. The van der Waals surface area contributed by atoms with Gasteiger partial charge in [-0.05, 0) is 38.8 Å². The Hall–Kier alpha value is -1.83. The molecule has 3 rings (SSSR count).